The van der Waals surface area contributed by atoms with Crippen molar-refractivity contribution >= 4 is 10.9 Å². The quantitative estimate of drug-likeness (QED) is 0.636. The van der Waals surface area contributed by atoms with E-state index in [0.29, 0.717) is 6.04 Å². The monoisotopic (exact) mass is 284 g/mol. The first-order chi connectivity index (χ1) is 10.3. The minimum atomic E-state index is 0.466. The molecule has 1 atom stereocenters. The van der Waals surface area contributed by atoms with Crippen LogP contribution in [0.5, 0.6) is 0 Å². The van der Waals surface area contributed by atoms with Crippen molar-refractivity contribution in [3.05, 3.63) is 42.1 Å². The van der Waals surface area contributed by atoms with Gasteiger partial charge in [-0.1, -0.05) is 57.7 Å². The molecule has 2 nitrogen and oxygen atoms in total. The first-order valence-electron chi connectivity index (χ1n) is 8.43. The molecule has 2 heteroatoms. The molecule has 2 aromatic rings. The summed E-state index contributed by atoms with van der Waals surface area (Å²) in [5.74, 6) is 0. The smallest absolute Gasteiger partial charge is 0.0705 e. The van der Waals surface area contributed by atoms with E-state index in [1.807, 2.05) is 12.3 Å². The second kappa shape index (κ2) is 8.78. The van der Waals surface area contributed by atoms with Gasteiger partial charge in [-0.3, -0.25) is 4.98 Å². The molecule has 0 radical (unpaired) electrons. The van der Waals surface area contributed by atoms with Gasteiger partial charge in [0.15, 0.2) is 0 Å². The molecule has 0 amide bonds. The second-order valence-corrected chi connectivity index (χ2v) is 5.81. The van der Waals surface area contributed by atoms with E-state index in [0.717, 1.165) is 12.1 Å². The average Bonchev–Trinajstić information content (AvgIpc) is 2.54. The third-order valence-electron chi connectivity index (χ3n) is 4.02. The highest BCUT2D eigenvalue weighted by Crippen LogP contribution is 2.23. The Bertz CT molecular complexity index is 536. The fourth-order valence-corrected chi connectivity index (χ4v) is 2.78. The number of pyridine rings is 1. The number of aromatic nitrogens is 1. The summed E-state index contributed by atoms with van der Waals surface area (Å²) in [6.45, 7) is 5.57. The highest BCUT2D eigenvalue weighted by atomic mass is 14.9. The number of hydrogen-bond donors (Lipinski definition) is 1. The van der Waals surface area contributed by atoms with Crippen molar-refractivity contribution in [3.63, 3.8) is 0 Å². The Morgan fingerprint density at radius 3 is 2.76 bits per heavy atom. The molecular formula is C19H28N2. The van der Waals surface area contributed by atoms with Gasteiger partial charge in [-0.25, -0.2) is 0 Å². The average molecular weight is 284 g/mol. The van der Waals surface area contributed by atoms with E-state index in [2.05, 4.69) is 48.4 Å². The van der Waals surface area contributed by atoms with Crippen molar-refractivity contribution in [2.45, 2.75) is 58.4 Å². The van der Waals surface area contributed by atoms with Gasteiger partial charge in [-0.05, 0) is 37.1 Å². The van der Waals surface area contributed by atoms with Gasteiger partial charge in [0.1, 0.15) is 0 Å². The van der Waals surface area contributed by atoms with Gasteiger partial charge in [-0.2, -0.15) is 0 Å². The zero-order valence-corrected chi connectivity index (χ0v) is 13.4. The molecular weight excluding hydrogens is 256 g/mol. The Hall–Kier alpha value is -1.41. The lowest BCUT2D eigenvalue weighted by molar-refractivity contribution is 0.471. The highest BCUT2D eigenvalue weighted by Gasteiger charge is 2.11. The number of nitrogens with zero attached hydrogens (tertiary/aromatic N) is 1. The molecule has 0 aliphatic rings. The molecule has 1 aromatic carbocycles. The Morgan fingerprint density at radius 2 is 1.95 bits per heavy atom. The van der Waals surface area contributed by atoms with Gasteiger partial charge >= 0.3 is 0 Å². The summed E-state index contributed by atoms with van der Waals surface area (Å²) in [5, 5.41) is 4.92. The summed E-state index contributed by atoms with van der Waals surface area (Å²) >= 11 is 0. The van der Waals surface area contributed by atoms with E-state index in [9.17, 15) is 0 Å². The number of benzene rings is 1. The molecule has 1 unspecified atom stereocenters. The lowest BCUT2D eigenvalue weighted by atomic mass is 9.98. The van der Waals surface area contributed by atoms with Crippen LogP contribution in [0.15, 0.2) is 36.5 Å². The van der Waals surface area contributed by atoms with Crippen LogP contribution >= 0.6 is 0 Å². The molecule has 0 aliphatic heterocycles. The van der Waals surface area contributed by atoms with Gasteiger partial charge in [0, 0.05) is 17.6 Å². The molecule has 114 valence electrons. The lowest BCUT2D eigenvalue weighted by Crippen LogP contribution is -2.22. The molecule has 0 fully saturated rings. The third-order valence-corrected chi connectivity index (χ3v) is 4.02. The summed E-state index contributed by atoms with van der Waals surface area (Å²) < 4.78 is 0. The second-order valence-electron chi connectivity index (χ2n) is 5.81. The maximum absolute atomic E-state index is 4.49. The number of rotatable bonds is 9. The van der Waals surface area contributed by atoms with Crippen LogP contribution in [-0.2, 0) is 0 Å². The van der Waals surface area contributed by atoms with Gasteiger partial charge in [0.05, 0.1) is 5.52 Å². The molecule has 1 N–H and O–H groups in total. The van der Waals surface area contributed by atoms with E-state index >= 15 is 0 Å². The standard InChI is InChI=1S/C19H28N2/c1-3-5-6-7-10-18(20-13-4-2)17-12-11-16-9-8-14-21-19(16)15-17/h8-9,11-12,14-15,18,20H,3-7,10,13H2,1-2H3. The minimum Gasteiger partial charge on any atom is -0.310 e. The van der Waals surface area contributed by atoms with E-state index in [4.69, 9.17) is 0 Å². The zero-order chi connectivity index (χ0) is 14.9. The third kappa shape index (κ3) is 4.82. The normalized spacial score (nSPS) is 12.7. The summed E-state index contributed by atoms with van der Waals surface area (Å²) in [6.07, 6.45) is 9.56. The number of hydrogen-bond acceptors (Lipinski definition) is 2. The van der Waals surface area contributed by atoms with Crippen molar-refractivity contribution < 1.29 is 0 Å². The van der Waals surface area contributed by atoms with Crippen molar-refractivity contribution in [3.8, 4) is 0 Å². The summed E-state index contributed by atoms with van der Waals surface area (Å²) in [4.78, 5) is 4.49. The van der Waals surface area contributed by atoms with Gasteiger partial charge in [0.2, 0.25) is 0 Å². The van der Waals surface area contributed by atoms with E-state index in [-0.39, 0.29) is 0 Å². The maximum atomic E-state index is 4.49. The molecule has 0 saturated heterocycles. The van der Waals surface area contributed by atoms with Crippen LogP contribution in [0.1, 0.15) is 64.0 Å². The molecule has 0 saturated carbocycles. The Morgan fingerprint density at radius 1 is 1.05 bits per heavy atom. The summed E-state index contributed by atoms with van der Waals surface area (Å²) in [5.41, 5.74) is 2.48. The van der Waals surface area contributed by atoms with Crippen LogP contribution < -0.4 is 5.32 Å². The number of fused-ring (bicyclic) bond motifs is 1. The summed E-state index contributed by atoms with van der Waals surface area (Å²) in [6, 6.07) is 11.3. The van der Waals surface area contributed by atoms with Crippen LogP contribution in [0.25, 0.3) is 10.9 Å². The van der Waals surface area contributed by atoms with E-state index < -0.39 is 0 Å². The van der Waals surface area contributed by atoms with Crippen LogP contribution in [-0.4, -0.2) is 11.5 Å². The predicted molar refractivity (Wildman–Crippen MR) is 91.5 cm³/mol. The molecule has 0 spiro atoms. The molecule has 21 heavy (non-hydrogen) atoms. The Kier molecular flexibility index (Phi) is 6.68. The minimum absolute atomic E-state index is 0.466. The van der Waals surface area contributed by atoms with Crippen molar-refractivity contribution in [1.29, 1.82) is 0 Å². The number of nitrogens with one attached hydrogen (secondary N) is 1. The molecule has 0 aliphatic carbocycles. The fraction of sp³-hybridized carbons (Fsp3) is 0.526. The van der Waals surface area contributed by atoms with E-state index in [1.54, 1.807) is 0 Å². The maximum Gasteiger partial charge on any atom is 0.0705 e. The summed E-state index contributed by atoms with van der Waals surface area (Å²) in [7, 11) is 0. The van der Waals surface area contributed by atoms with Crippen LogP contribution in [0.3, 0.4) is 0 Å². The topological polar surface area (TPSA) is 24.9 Å². The van der Waals surface area contributed by atoms with Crippen LogP contribution in [0.2, 0.25) is 0 Å². The SMILES string of the molecule is CCCCCCC(NCCC)c1ccc2cccnc2c1. The van der Waals surface area contributed by atoms with Crippen molar-refractivity contribution in [1.82, 2.24) is 10.3 Å². The zero-order valence-electron chi connectivity index (χ0n) is 13.4. The lowest BCUT2D eigenvalue weighted by Gasteiger charge is -2.19. The van der Waals surface area contributed by atoms with Gasteiger partial charge < -0.3 is 5.32 Å². The molecule has 1 heterocycles. The van der Waals surface area contributed by atoms with E-state index in [1.165, 1.54) is 49.5 Å². The van der Waals surface area contributed by atoms with Crippen LogP contribution in [0, 0.1) is 0 Å². The van der Waals surface area contributed by atoms with Crippen molar-refractivity contribution in [2.24, 2.45) is 0 Å². The predicted octanol–water partition coefficient (Wildman–Crippen LogP) is 5.25. The molecule has 2 rings (SSSR count). The first kappa shape index (κ1) is 16.0. The van der Waals surface area contributed by atoms with Gasteiger partial charge in [0.25, 0.3) is 0 Å². The largest absolute Gasteiger partial charge is 0.310 e. The Balaban J connectivity index is 2.08. The highest BCUT2D eigenvalue weighted by molar-refractivity contribution is 5.78. The fourth-order valence-electron chi connectivity index (χ4n) is 2.78. The molecule has 1 aromatic heterocycles. The Labute approximate surface area is 129 Å². The van der Waals surface area contributed by atoms with Crippen LogP contribution in [0.4, 0.5) is 0 Å². The first-order valence-corrected chi connectivity index (χ1v) is 8.43. The molecule has 0 bridgehead atoms. The van der Waals surface area contributed by atoms with Crippen molar-refractivity contribution in [2.75, 3.05) is 6.54 Å². The number of unbranched alkanes of at least 4 members (excludes halogenated alkanes) is 3. The van der Waals surface area contributed by atoms with Gasteiger partial charge in [-0.15, -0.1) is 0 Å².